The van der Waals surface area contributed by atoms with Crippen LogP contribution in [0.4, 0.5) is 4.39 Å². The van der Waals surface area contributed by atoms with Gasteiger partial charge in [-0.15, -0.1) is 0 Å². The summed E-state index contributed by atoms with van der Waals surface area (Å²) in [4.78, 5) is 18.5. The molecule has 1 unspecified atom stereocenters. The molecule has 3 aromatic rings. The first kappa shape index (κ1) is 18.4. The smallest absolute Gasteiger partial charge is 0.249 e. The van der Waals surface area contributed by atoms with Crippen LogP contribution in [0, 0.1) is 5.82 Å². The number of carbonyl (C=O) groups excluding carboxylic acids is 1. The zero-order valence-electron chi connectivity index (χ0n) is 15.1. The summed E-state index contributed by atoms with van der Waals surface area (Å²) in [6.45, 7) is 0.249. The summed E-state index contributed by atoms with van der Waals surface area (Å²) in [5, 5.41) is 4.33. The summed E-state index contributed by atoms with van der Waals surface area (Å²) in [6.07, 6.45) is 0.942. The van der Waals surface area contributed by atoms with E-state index in [2.05, 4.69) is 10.1 Å². The fourth-order valence-corrected chi connectivity index (χ4v) is 3.50. The average Bonchev–Trinajstić information content (AvgIpc) is 3.31. The maximum atomic E-state index is 13.3. The summed E-state index contributed by atoms with van der Waals surface area (Å²) >= 11 is 6.12. The van der Waals surface area contributed by atoms with Gasteiger partial charge in [0.1, 0.15) is 17.6 Å². The lowest BCUT2D eigenvalue weighted by atomic mass is 10.1. The molecular weight excluding hydrogens is 385 g/mol. The molecule has 144 valence electrons. The molecule has 1 aliphatic heterocycles. The lowest BCUT2D eigenvalue weighted by Gasteiger charge is -2.22. The van der Waals surface area contributed by atoms with E-state index in [9.17, 15) is 9.18 Å². The van der Waals surface area contributed by atoms with Gasteiger partial charge in [0.2, 0.25) is 17.6 Å². The molecule has 28 heavy (non-hydrogen) atoms. The number of nitrogens with zero attached hydrogens (tertiary/aromatic N) is 3. The van der Waals surface area contributed by atoms with Crippen molar-refractivity contribution in [2.45, 2.75) is 25.4 Å². The van der Waals surface area contributed by atoms with Gasteiger partial charge in [0.05, 0.1) is 7.11 Å². The van der Waals surface area contributed by atoms with Gasteiger partial charge < -0.3 is 14.2 Å². The Balaban J connectivity index is 1.59. The molecule has 6 nitrogen and oxygen atoms in total. The number of rotatable bonds is 5. The number of hydrogen-bond donors (Lipinski definition) is 0. The predicted octanol–water partition coefficient (Wildman–Crippen LogP) is 4.40. The van der Waals surface area contributed by atoms with Crippen LogP contribution in [0.3, 0.4) is 0 Å². The summed E-state index contributed by atoms with van der Waals surface area (Å²) in [6, 6.07) is 11.1. The molecule has 1 fully saturated rings. The van der Waals surface area contributed by atoms with Gasteiger partial charge in [-0.25, -0.2) is 4.39 Å². The second-order valence-electron chi connectivity index (χ2n) is 6.50. The van der Waals surface area contributed by atoms with Gasteiger partial charge in [-0.05, 0) is 36.2 Å². The standard InChI is InChI=1S/C20H17ClFN3O3/c1-27-15-4-2-3-12(9-15)19-23-20(28-24-19)17-7-8-18(26)25(17)11-13-5-6-14(22)10-16(13)21/h2-6,9-10,17H,7-8,11H2,1H3. The Labute approximate surface area is 165 Å². The van der Waals surface area contributed by atoms with Crippen LogP contribution in [0.1, 0.15) is 30.3 Å². The number of amides is 1. The zero-order valence-corrected chi connectivity index (χ0v) is 15.8. The second kappa shape index (κ2) is 7.59. The quantitative estimate of drug-likeness (QED) is 0.633. The fourth-order valence-electron chi connectivity index (χ4n) is 3.27. The van der Waals surface area contributed by atoms with Crippen molar-refractivity contribution in [3.63, 3.8) is 0 Å². The highest BCUT2D eigenvalue weighted by atomic mass is 35.5. The van der Waals surface area contributed by atoms with Gasteiger partial charge in [-0.1, -0.05) is 35.0 Å². The minimum Gasteiger partial charge on any atom is -0.497 e. The number of halogens is 2. The van der Waals surface area contributed by atoms with Crippen LogP contribution in [0.25, 0.3) is 11.4 Å². The van der Waals surface area contributed by atoms with Crippen LogP contribution in [0.15, 0.2) is 47.0 Å². The highest BCUT2D eigenvalue weighted by Gasteiger charge is 2.36. The summed E-state index contributed by atoms with van der Waals surface area (Å²) < 4.78 is 24.0. The molecule has 1 amide bonds. The number of hydrogen-bond acceptors (Lipinski definition) is 5. The molecule has 2 heterocycles. The van der Waals surface area contributed by atoms with Crippen molar-refractivity contribution in [1.29, 1.82) is 0 Å². The third-order valence-electron chi connectivity index (χ3n) is 4.74. The monoisotopic (exact) mass is 401 g/mol. The van der Waals surface area contributed by atoms with Crippen LogP contribution in [-0.2, 0) is 11.3 Å². The van der Waals surface area contributed by atoms with Crippen molar-refractivity contribution in [3.8, 4) is 17.1 Å². The zero-order chi connectivity index (χ0) is 19.7. The van der Waals surface area contributed by atoms with E-state index in [1.165, 1.54) is 12.1 Å². The van der Waals surface area contributed by atoms with Crippen molar-refractivity contribution in [1.82, 2.24) is 15.0 Å². The van der Waals surface area contributed by atoms with E-state index in [0.717, 1.165) is 5.56 Å². The normalized spacial score (nSPS) is 16.6. The number of benzene rings is 2. The summed E-state index contributed by atoms with van der Waals surface area (Å²) in [7, 11) is 1.59. The predicted molar refractivity (Wildman–Crippen MR) is 100 cm³/mol. The Morgan fingerprint density at radius 1 is 1.32 bits per heavy atom. The molecule has 1 aliphatic rings. The van der Waals surface area contributed by atoms with Crippen LogP contribution < -0.4 is 4.74 Å². The van der Waals surface area contributed by atoms with Gasteiger partial charge in [0, 0.05) is 23.6 Å². The molecule has 0 bridgehead atoms. The molecule has 1 aromatic heterocycles. The highest BCUT2D eigenvalue weighted by Crippen LogP contribution is 2.35. The lowest BCUT2D eigenvalue weighted by molar-refractivity contribution is -0.129. The largest absolute Gasteiger partial charge is 0.497 e. The minimum absolute atomic E-state index is 0.0356. The topological polar surface area (TPSA) is 68.5 Å². The van der Waals surface area contributed by atoms with E-state index in [1.54, 1.807) is 18.1 Å². The molecule has 0 radical (unpaired) electrons. The van der Waals surface area contributed by atoms with Crippen molar-refractivity contribution in [2.24, 2.45) is 0 Å². The van der Waals surface area contributed by atoms with Gasteiger partial charge in [-0.2, -0.15) is 4.98 Å². The second-order valence-corrected chi connectivity index (χ2v) is 6.91. The lowest BCUT2D eigenvalue weighted by Crippen LogP contribution is -2.27. The third kappa shape index (κ3) is 3.57. The number of likely N-dealkylation sites (tertiary alicyclic amines) is 1. The van der Waals surface area contributed by atoms with E-state index < -0.39 is 5.82 Å². The molecule has 0 spiro atoms. The maximum Gasteiger partial charge on any atom is 0.249 e. The number of ether oxygens (including phenoxy) is 1. The Kier molecular flexibility index (Phi) is 5.00. The van der Waals surface area contributed by atoms with E-state index in [-0.39, 0.29) is 23.5 Å². The molecule has 0 aliphatic carbocycles. The highest BCUT2D eigenvalue weighted by molar-refractivity contribution is 6.31. The third-order valence-corrected chi connectivity index (χ3v) is 5.09. The van der Waals surface area contributed by atoms with Gasteiger partial charge in [0.25, 0.3) is 0 Å². The van der Waals surface area contributed by atoms with Gasteiger partial charge in [0.15, 0.2) is 0 Å². The fraction of sp³-hybridized carbons (Fsp3) is 0.250. The number of methoxy groups -OCH3 is 1. The van der Waals surface area contributed by atoms with Crippen LogP contribution in [-0.4, -0.2) is 28.1 Å². The van der Waals surface area contributed by atoms with Crippen LogP contribution in [0.5, 0.6) is 5.75 Å². The Morgan fingerprint density at radius 3 is 2.96 bits per heavy atom. The van der Waals surface area contributed by atoms with Crippen molar-refractivity contribution in [2.75, 3.05) is 7.11 Å². The van der Waals surface area contributed by atoms with Crippen LogP contribution >= 0.6 is 11.6 Å². The maximum absolute atomic E-state index is 13.3. The first-order valence-electron chi connectivity index (χ1n) is 8.76. The van der Waals surface area contributed by atoms with Crippen molar-refractivity contribution >= 4 is 17.5 Å². The molecule has 2 aromatic carbocycles. The average molecular weight is 402 g/mol. The van der Waals surface area contributed by atoms with E-state index in [0.29, 0.717) is 35.9 Å². The molecule has 0 N–H and O–H groups in total. The summed E-state index contributed by atoms with van der Waals surface area (Å²) in [5.41, 5.74) is 1.42. The van der Waals surface area contributed by atoms with Crippen molar-refractivity contribution < 1.29 is 18.4 Å². The molecule has 8 heteroatoms. The van der Waals surface area contributed by atoms with E-state index in [4.69, 9.17) is 20.9 Å². The van der Waals surface area contributed by atoms with Gasteiger partial charge >= 0.3 is 0 Å². The molecule has 1 atom stereocenters. The summed E-state index contributed by atoms with van der Waals surface area (Å²) in [5.74, 6) is 1.02. The first-order valence-corrected chi connectivity index (χ1v) is 9.14. The first-order chi connectivity index (χ1) is 13.5. The Morgan fingerprint density at radius 2 is 2.18 bits per heavy atom. The minimum atomic E-state index is -0.419. The van der Waals surface area contributed by atoms with Crippen LogP contribution in [0.2, 0.25) is 5.02 Å². The molecular formula is C20H17ClFN3O3. The van der Waals surface area contributed by atoms with E-state index in [1.807, 2.05) is 24.3 Å². The molecule has 0 saturated carbocycles. The van der Waals surface area contributed by atoms with E-state index >= 15 is 0 Å². The molecule has 4 rings (SSSR count). The Hall–Kier alpha value is -2.93. The molecule has 1 saturated heterocycles. The number of carbonyl (C=O) groups is 1. The number of aromatic nitrogens is 2. The van der Waals surface area contributed by atoms with Crippen molar-refractivity contribution in [3.05, 3.63) is 64.8 Å². The van der Waals surface area contributed by atoms with Gasteiger partial charge in [-0.3, -0.25) is 4.79 Å². The Bertz CT molecular complexity index is 1020. The SMILES string of the molecule is COc1cccc(-c2noc(C3CCC(=O)N3Cc3ccc(F)cc3Cl)n2)c1.